The summed E-state index contributed by atoms with van der Waals surface area (Å²) in [4.78, 5) is 24.6. The SMILES string of the molecule is CC(C)CC(NC(=O)C1CCC1)C(=O)NNc1ccc(Cl)cc1Cl. The zero-order valence-electron chi connectivity index (χ0n) is 13.9. The van der Waals surface area contributed by atoms with Gasteiger partial charge in [0.2, 0.25) is 5.91 Å². The average molecular weight is 372 g/mol. The lowest BCUT2D eigenvalue weighted by molar-refractivity contribution is -0.132. The van der Waals surface area contributed by atoms with Crippen LogP contribution in [0.5, 0.6) is 0 Å². The van der Waals surface area contributed by atoms with Gasteiger partial charge in [0, 0.05) is 10.9 Å². The fraction of sp³-hybridized carbons (Fsp3) is 0.529. The maximum Gasteiger partial charge on any atom is 0.260 e. The monoisotopic (exact) mass is 371 g/mol. The highest BCUT2D eigenvalue weighted by Crippen LogP contribution is 2.27. The fourth-order valence-corrected chi connectivity index (χ4v) is 2.93. The van der Waals surface area contributed by atoms with E-state index in [2.05, 4.69) is 16.2 Å². The summed E-state index contributed by atoms with van der Waals surface area (Å²) in [5.41, 5.74) is 5.94. The molecule has 0 spiro atoms. The maximum absolute atomic E-state index is 12.4. The van der Waals surface area contributed by atoms with Crippen LogP contribution in [0.25, 0.3) is 0 Å². The van der Waals surface area contributed by atoms with Gasteiger partial charge in [0.25, 0.3) is 5.91 Å². The summed E-state index contributed by atoms with van der Waals surface area (Å²) in [6, 6.07) is 4.36. The van der Waals surface area contributed by atoms with Crippen molar-refractivity contribution in [1.29, 1.82) is 0 Å². The van der Waals surface area contributed by atoms with Crippen molar-refractivity contribution in [3.05, 3.63) is 28.2 Å². The van der Waals surface area contributed by atoms with Gasteiger partial charge in [0.1, 0.15) is 6.04 Å². The van der Waals surface area contributed by atoms with Gasteiger partial charge in [0.05, 0.1) is 10.7 Å². The van der Waals surface area contributed by atoms with Crippen molar-refractivity contribution in [1.82, 2.24) is 10.7 Å². The summed E-state index contributed by atoms with van der Waals surface area (Å²) in [6.45, 7) is 4.03. The van der Waals surface area contributed by atoms with Crippen LogP contribution in [0.2, 0.25) is 10.0 Å². The van der Waals surface area contributed by atoms with Crippen LogP contribution in [0.4, 0.5) is 5.69 Å². The van der Waals surface area contributed by atoms with Crippen molar-refractivity contribution in [2.75, 3.05) is 5.43 Å². The summed E-state index contributed by atoms with van der Waals surface area (Å²) in [7, 11) is 0. The molecule has 1 fully saturated rings. The number of amides is 2. The first kappa shape index (κ1) is 18.9. The van der Waals surface area contributed by atoms with Crippen molar-refractivity contribution in [2.24, 2.45) is 11.8 Å². The molecule has 132 valence electrons. The molecule has 2 rings (SSSR count). The van der Waals surface area contributed by atoms with Crippen LogP contribution in [0.3, 0.4) is 0 Å². The van der Waals surface area contributed by atoms with Crippen LogP contribution in [0.1, 0.15) is 39.5 Å². The number of halogens is 2. The zero-order chi connectivity index (χ0) is 17.7. The Kier molecular flexibility index (Phi) is 6.75. The summed E-state index contributed by atoms with van der Waals surface area (Å²) in [5, 5.41) is 3.79. The molecule has 7 heteroatoms. The summed E-state index contributed by atoms with van der Waals surface area (Å²) in [6.07, 6.45) is 3.46. The minimum absolute atomic E-state index is 0.0356. The Morgan fingerprint density at radius 2 is 1.96 bits per heavy atom. The first-order chi connectivity index (χ1) is 11.4. The molecular weight excluding hydrogens is 349 g/mol. The number of hydrazine groups is 1. The summed E-state index contributed by atoms with van der Waals surface area (Å²) >= 11 is 11.9. The first-order valence-corrected chi connectivity index (χ1v) is 8.93. The summed E-state index contributed by atoms with van der Waals surface area (Å²) < 4.78 is 0. The van der Waals surface area contributed by atoms with Crippen LogP contribution in [-0.4, -0.2) is 17.9 Å². The largest absolute Gasteiger partial charge is 0.344 e. The van der Waals surface area contributed by atoms with Gasteiger partial charge in [-0.25, -0.2) is 0 Å². The Balaban J connectivity index is 1.94. The molecule has 3 N–H and O–H groups in total. The van der Waals surface area contributed by atoms with Crippen LogP contribution in [0, 0.1) is 11.8 Å². The standard InChI is InChI=1S/C17H23Cl2N3O2/c1-10(2)8-15(20-16(23)11-4-3-5-11)17(24)22-21-14-7-6-12(18)9-13(14)19/h6-7,9-11,15,21H,3-5,8H2,1-2H3,(H,20,23)(H,22,24). The molecule has 1 aromatic rings. The van der Waals surface area contributed by atoms with E-state index in [0.29, 0.717) is 22.2 Å². The summed E-state index contributed by atoms with van der Waals surface area (Å²) in [5.74, 6) is 0.00153. The molecule has 1 unspecified atom stereocenters. The quantitative estimate of drug-likeness (QED) is 0.638. The molecule has 0 aliphatic heterocycles. The van der Waals surface area contributed by atoms with E-state index in [-0.39, 0.29) is 23.7 Å². The van der Waals surface area contributed by atoms with Gasteiger partial charge in [-0.05, 0) is 43.4 Å². The van der Waals surface area contributed by atoms with E-state index in [1.54, 1.807) is 18.2 Å². The smallest absolute Gasteiger partial charge is 0.260 e. The molecule has 2 amide bonds. The number of carbonyl (C=O) groups is 2. The molecule has 1 aromatic carbocycles. The molecule has 0 saturated heterocycles. The second kappa shape index (κ2) is 8.58. The predicted octanol–water partition coefficient (Wildman–Crippen LogP) is 3.77. The van der Waals surface area contributed by atoms with Gasteiger partial charge < -0.3 is 5.32 Å². The minimum atomic E-state index is -0.573. The number of hydrogen-bond donors (Lipinski definition) is 3. The molecule has 24 heavy (non-hydrogen) atoms. The Labute approximate surface area is 152 Å². The predicted molar refractivity (Wildman–Crippen MR) is 97.0 cm³/mol. The molecule has 1 atom stereocenters. The Hall–Kier alpha value is -1.46. The molecule has 0 heterocycles. The third kappa shape index (κ3) is 5.28. The van der Waals surface area contributed by atoms with Crippen molar-refractivity contribution >= 4 is 40.7 Å². The van der Waals surface area contributed by atoms with Crippen molar-refractivity contribution in [3.8, 4) is 0 Å². The van der Waals surface area contributed by atoms with Crippen LogP contribution in [0.15, 0.2) is 18.2 Å². The highest BCUT2D eigenvalue weighted by atomic mass is 35.5. The number of nitrogens with one attached hydrogen (secondary N) is 3. The topological polar surface area (TPSA) is 70.2 Å². The maximum atomic E-state index is 12.4. The number of hydrogen-bond acceptors (Lipinski definition) is 3. The second-order valence-electron chi connectivity index (χ2n) is 6.56. The molecule has 1 saturated carbocycles. The lowest BCUT2D eigenvalue weighted by atomic mass is 9.84. The molecule has 1 aliphatic rings. The second-order valence-corrected chi connectivity index (χ2v) is 7.40. The molecule has 0 radical (unpaired) electrons. The molecule has 0 bridgehead atoms. The number of rotatable bonds is 7. The lowest BCUT2D eigenvalue weighted by Gasteiger charge is -2.27. The lowest BCUT2D eigenvalue weighted by Crippen LogP contribution is -2.51. The third-order valence-corrected chi connectivity index (χ3v) is 4.62. The van der Waals surface area contributed by atoms with E-state index in [1.165, 1.54) is 0 Å². The van der Waals surface area contributed by atoms with Crippen LogP contribution in [-0.2, 0) is 9.59 Å². The highest BCUT2D eigenvalue weighted by Gasteiger charge is 2.29. The van der Waals surface area contributed by atoms with E-state index < -0.39 is 6.04 Å². The van der Waals surface area contributed by atoms with Gasteiger partial charge >= 0.3 is 0 Å². The van der Waals surface area contributed by atoms with Crippen LogP contribution >= 0.6 is 23.2 Å². The van der Waals surface area contributed by atoms with Crippen molar-refractivity contribution < 1.29 is 9.59 Å². The molecular formula is C17H23Cl2N3O2. The minimum Gasteiger partial charge on any atom is -0.344 e. The normalized spacial score (nSPS) is 15.5. The number of carbonyl (C=O) groups excluding carboxylic acids is 2. The van der Waals surface area contributed by atoms with E-state index in [9.17, 15) is 9.59 Å². The molecule has 5 nitrogen and oxygen atoms in total. The Morgan fingerprint density at radius 3 is 2.50 bits per heavy atom. The number of anilines is 1. The van der Waals surface area contributed by atoms with Gasteiger partial charge in [0.15, 0.2) is 0 Å². The molecule has 1 aliphatic carbocycles. The van der Waals surface area contributed by atoms with E-state index in [4.69, 9.17) is 23.2 Å². The van der Waals surface area contributed by atoms with E-state index in [0.717, 1.165) is 19.3 Å². The fourth-order valence-electron chi connectivity index (χ4n) is 2.47. The van der Waals surface area contributed by atoms with Gasteiger partial charge in [-0.1, -0.05) is 43.5 Å². The van der Waals surface area contributed by atoms with Crippen molar-refractivity contribution in [3.63, 3.8) is 0 Å². The number of benzene rings is 1. The zero-order valence-corrected chi connectivity index (χ0v) is 15.4. The average Bonchev–Trinajstić information content (AvgIpc) is 2.43. The third-order valence-electron chi connectivity index (χ3n) is 4.07. The first-order valence-electron chi connectivity index (χ1n) is 8.18. The molecule has 0 aromatic heterocycles. The van der Waals surface area contributed by atoms with Crippen LogP contribution < -0.4 is 16.2 Å². The van der Waals surface area contributed by atoms with Gasteiger partial charge in [-0.15, -0.1) is 0 Å². The van der Waals surface area contributed by atoms with Gasteiger partial charge in [-0.3, -0.25) is 20.4 Å². The van der Waals surface area contributed by atoms with E-state index >= 15 is 0 Å². The Morgan fingerprint density at radius 1 is 1.25 bits per heavy atom. The highest BCUT2D eigenvalue weighted by molar-refractivity contribution is 6.36. The van der Waals surface area contributed by atoms with Crippen molar-refractivity contribution in [2.45, 2.75) is 45.6 Å². The Bertz CT molecular complexity index is 603. The van der Waals surface area contributed by atoms with Gasteiger partial charge in [-0.2, -0.15) is 0 Å². The van der Waals surface area contributed by atoms with E-state index in [1.807, 2.05) is 13.8 Å².